The SMILES string of the molecule is COc1cc(-c2cc(C)c(C#N)c3nc4ccccc4n23)cc(OC)c1OC. The lowest BCUT2D eigenvalue weighted by Gasteiger charge is -2.16. The quantitative estimate of drug-likeness (QED) is 0.532. The summed E-state index contributed by atoms with van der Waals surface area (Å²) in [6.45, 7) is 1.92. The van der Waals surface area contributed by atoms with Crippen molar-refractivity contribution in [2.24, 2.45) is 0 Å². The number of benzene rings is 2. The number of pyridine rings is 1. The van der Waals surface area contributed by atoms with Gasteiger partial charge in [0.25, 0.3) is 0 Å². The van der Waals surface area contributed by atoms with Crippen LogP contribution in [0.15, 0.2) is 42.5 Å². The van der Waals surface area contributed by atoms with Crippen LogP contribution in [-0.4, -0.2) is 30.7 Å². The summed E-state index contributed by atoms with van der Waals surface area (Å²) in [5, 5.41) is 9.68. The average Bonchev–Trinajstić information content (AvgIpc) is 3.11. The molecule has 0 atom stereocenters. The summed E-state index contributed by atoms with van der Waals surface area (Å²) >= 11 is 0. The number of ether oxygens (including phenoxy) is 3. The smallest absolute Gasteiger partial charge is 0.203 e. The lowest BCUT2D eigenvalue weighted by atomic mass is 10.0. The van der Waals surface area contributed by atoms with Crippen LogP contribution in [-0.2, 0) is 0 Å². The van der Waals surface area contributed by atoms with E-state index in [1.54, 1.807) is 21.3 Å². The molecule has 0 spiro atoms. The molecule has 140 valence electrons. The monoisotopic (exact) mass is 373 g/mol. The van der Waals surface area contributed by atoms with Crippen LogP contribution >= 0.6 is 0 Å². The Morgan fingerprint density at radius 3 is 2.25 bits per heavy atom. The zero-order chi connectivity index (χ0) is 19.8. The maximum atomic E-state index is 9.68. The van der Waals surface area contributed by atoms with Crippen LogP contribution < -0.4 is 14.2 Å². The van der Waals surface area contributed by atoms with Crippen molar-refractivity contribution in [2.45, 2.75) is 6.92 Å². The number of rotatable bonds is 4. The maximum absolute atomic E-state index is 9.68. The second kappa shape index (κ2) is 6.78. The molecule has 0 aliphatic rings. The largest absolute Gasteiger partial charge is 0.493 e. The number of nitriles is 1. The summed E-state index contributed by atoms with van der Waals surface area (Å²) in [7, 11) is 4.76. The van der Waals surface area contributed by atoms with Crippen LogP contribution in [0.25, 0.3) is 27.9 Å². The number of hydrogen-bond acceptors (Lipinski definition) is 5. The minimum Gasteiger partial charge on any atom is -0.493 e. The fourth-order valence-electron chi connectivity index (χ4n) is 3.54. The van der Waals surface area contributed by atoms with Crippen molar-refractivity contribution in [1.29, 1.82) is 5.26 Å². The van der Waals surface area contributed by atoms with E-state index in [2.05, 4.69) is 6.07 Å². The lowest BCUT2D eigenvalue weighted by Crippen LogP contribution is -2.00. The van der Waals surface area contributed by atoms with Crippen molar-refractivity contribution >= 4 is 16.7 Å². The molecule has 0 bridgehead atoms. The van der Waals surface area contributed by atoms with Crippen molar-refractivity contribution in [3.8, 4) is 34.6 Å². The van der Waals surface area contributed by atoms with Gasteiger partial charge in [-0.15, -0.1) is 0 Å². The molecule has 6 heteroatoms. The molecule has 0 aliphatic carbocycles. The summed E-state index contributed by atoms with van der Waals surface area (Å²) in [5.74, 6) is 1.67. The maximum Gasteiger partial charge on any atom is 0.203 e. The third kappa shape index (κ3) is 2.52. The van der Waals surface area contributed by atoms with Gasteiger partial charge in [-0.1, -0.05) is 12.1 Å². The molecule has 0 fully saturated rings. The van der Waals surface area contributed by atoms with E-state index in [-0.39, 0.29) is 0 Å². The Hall–Kier alpha value is -3.72. The summed E-state index contributed by atoms with van der Waals surface area (Å²) in [4.78, 5) is 4.71. The van der Waals surface area contributed by atoms with E-state index in [0.29, 0.717) is 28.5 Å². The van der Waals surface area contributed by atoms with Gasteiger partial charge in [0, 0.05) is 5.56 Å². The van der Waals surface area contributed by atoms with Crippen LogP contribution in [0.4, 0.5) is 0 Å². The van der Waals surface area contributed by atoms with Crippen LogP contribution in [0.3, 0.4) is 0 Å². The van der Waals surface area contributed by atoms with Gasteiger partial charge >= 0.3 is 0 Å². The highest BCUT2D eigenvalue weighted by Crippen LogP contribution is 2.42. The Kier molecular flexibility index (Phi) is 4.28. The molecule has 0 amide bonds. The molecule has 0 N–H and O–H groups in total. The topological polar surface area (TPSA) is 68.8 Å². The number of methoxy groups -OCH3 is 3. The molecule has 0 saturated carbocycles. The predicted molar refractivity (Wildman–Crippen MR) is 107 cm³/mol. The van der Waals surface area contributed by atoms with E-state index >= 15 is 0 Å². The van der Waals surface area contributed by atoms with Gasteiger partial charge in [-0.05, 0) is 42.8 Å². The second-order valence-corrected chi connectivity index (χ2v) is 6.37. The average molecular weight is 373 g/mol. The Morgan fingerprint density at radius 1 is 0.964 bits per heavy atom. The highest BCUT2D eigenvalue weighted by atomic mass is 16.5. The number of para-hydroxylation sites is 2. The summed E-state index contributed by atoms with van der Waals surface area (Å²) in [6.07, 6.45) is 0. The Balaban J connectivity index is 2.14. The Labute approximate surface area is 162 Å². The molecule has 0 saturated heterocycles. The van der Waals surface area contributed by atoms with Gasteiger partial charge in [-0.25, -0.2) is 4.98 Å². The van der Waals surface area contributed by atoms with Crippen molar-refractivity contribution in [3.63, 3.8) is 0 Å². The van der Waals surface area contributed by atoms with Crippen LogP contribution in [0, 0.1) is 18.3 Å². The minimum absolute atomic E-state index is 0.533. The minimum atomic E-state index is 0.533. The number of nitrogens with zero attached hydrogens (tertiary/aromatic N) is 3. The fraction of sp³-hybridized carbons (Fsp3) is 0.182. The number of fused-ring (bicyclic) bond motifs is 3. The number of hydrogen-bond donors (Lipinski definition) is 0. The van der Waals surface area contributed by atoms with Gasteiger partial charge in [0.15, 0.2) is 17.1 Å². The second-order valence-electron chi connectivity index (χ2n) is 6.37. The van der Waals surface area contributed by atoms with Crippen LogP contribution in [0.5, 0.6) is 17.2 Å². The zero-order valence-electron chi connectivity index (χ0n) is 16.1. The summed E-state index contributed by atoms with van der Waals surface area (Å²) < 4.78 is 18.5. The third-order valence-electron chi connectivity index (χ3n) is 4.85. The van der Waals surface area contributed by atoms with Crippen molar-refractivity contribution in [2.75, 3.05) is 21.3 Å². The lowest BCUT2D eigenvalue weighted by molar-refractivity contribution is 0.324. The number of imidazole rings is 1. The summed E-state index contributed by atoms with van der Waals surface area (Å²) in [5.41, 5.74) is 5.57. The molecule has 4 rings (SSSR count). The number of aromatic nitrogens is 2. The Bertz CT molecular complexity index is 1230. The molecule has 2 aromatic carbocycles. The van der Waals surface area contributed by atoms with Gasteiger partial charge in [0.2, 0.25) is 5.75 Å². The fourth-order valence-corrected chi connectivity index (χ4v) is 3.54. The first-order chi connectivity index (χ1) is 13.6. The van der Waals surface area contributed by atoms with E-state index < -0.39 is 0 Å². The zero-order valence-corrected chi connectivity index (χ0v) is 16.1. The molecule has 6 nitrogen and oxygen atoms in total. The van der Waals surface area contributed by atoms with Crippen LogP contribution in [0.2, 0.25) is 0 Å². The molecule has 4 aromatic rings. The van der Waals surface area contributed by atoms with Crippen molar-refractivity contribution in [3.05, 3.63) is 53.6 Å². The molecule has 28 heavy (non-hydrogen) atoms. The number of aryl methyl sites for hydroxylation is 1. The van der Waals surface area contributed by atoms with E-state index in [9.17, 15) is 5.26 Å². The molecule has 0 aliphatic heterocycles. The predicted octanol–water partition coefficient (Wildman–Crippen LogP) is 4.36. The highest BCUT2D eigenvalue weighted by Gasteiger charge is 2.19. The molecule has 2 aromatic heterocycles. The van der Waals surface area contributed by atoms with Crippen LogP contribution in [0.1, 0.15) is 11.1 Å². The van der Waals surface area contributed by atoms with E-state index in [0.717, 1.165) is 27.9 Å². The molecular weight excluding hydrogens is 354 g/mol. The molecule has 2 heterocycles. The first kappa shape index (κ1) is 17.7. The van der Waals surface area contributed by atoms with Gasteiger partial charge in [0.05, 0.1) is 43.6 Å². The van der Waals surface area contributed by atoms with Crippen molar-refractivity contribution in [1.82, 2.24) is 9.38 Å². The molecule has 0 unspecified atom stereocenters. The Morgan fingerprint density at radius 2 is 1.64 bits per heavy atom. The first-order valence-electron chi connectivity index (χ1n) is 8.74. The molecule has 0 radical (unpaired) electrons. The van der Waals surface area contributed by atoms with Gasteiger partial charge in [-0.3, -0.25) is 4.40 Å². The molecular formula is C22H19N3O3. The summed E-state index contributed by atoms with van der Waals surface area (Å²) in [6, 6.07) is 15.9. The van der Waals surface area contributed by atoms with Gasteiger partial charge < -0.3 is 14.2 Å². The normalized spacial score (nSPS) is 10.8. The first-order valence-corrected chi connectivity index (χ1v) is 8.74. The van der Waals surface area contributed by atoms with E-state index in [1.807, 2.05) is 53.8 Å². The van der Waals surface area contributed by atoms with E-state index in [4.69, 9.17) is 19.2 Å². The highest BCUT2D eigenvalue weighted by molar-refractivity contribution is 5.87. The van der Waals surface area contributed by atoms with Gasteiger partial charge in [-0.2, -0.15) is 5.26 Å². The van der Waals surface area contributed by atoms with Gasteiger partial charge in [0.1, 0.15) is 6.07 Å². The third-order valence-corrected chi connectivity index (χ3v) is 4.85. The standard InChI is InChI=1S/C22H19N3O3/c1-13-9-18(14-10-19(26-2)21(28-4)20(11-14)27-3)25-17-8-6-5-7-16(17)24-22(25)15(13)12-23/h5-11H,1-4H3. The van der Waals surface area contributed by atoms with E-state index in [1.165, 1.54) is 0 Å². The van der Waals surface area contributed by atoms with Crippen molar-refractivity contribution < 1.29 is 14.2 Å².